The summed E-state index contributed by atoms with van der Waals surface area (Å²) in [6.45, 7) is -0.234. The number of alkyl halides is 3. The van der Waals surface area contributed by atoms with E-state index in [-0.39, 0.29) is 56.9 Å². The highest BCUT2D eigenvalue weighted by molar-refractivity contribution is 7.12. The molecule has 0 radical (unpaired) electrons. The average molecular weight is 578 g/mol. The van der Waals surface area contributed by atoms with Gasteiger partial charge in [0.25, 0.3) is 5.91 Å². The van der Waals surface area contributed by atoms with E-state index >= 15 is 0 Å². The van der Waals surface area contributed by atoms with Gasteiger partial charge in [-0.25, -0.2) is 4.39 Å². The van der Waals surface area contributed by atoms with Crippen LogP contribution in [-0.2, 0) is 11.2 Å². The van der Waals surface area contributed by atoms with Gasteiger partial charge in [-0.3, -0.25) is 14.5 Å². The number of amides is 2. The van der Waals surface area contributed by atoms with E-state index in [1.807, 2.05) is 0 Å². The van der Waals surface area contributed by atoms with E-state index in [4.69, 9.17) is 0 Å². The summed E-state index contributed by atoms with van der Waals surface area (Å²) in [6, 6.07) is 7.99. The van der Waals surface area contributed by atoms with Crippen molar-refractivity contribution in [2.75, 3.05) is 32.7 Å². The summed E-state index contributed by atoms with van der Waals surface area (Å²) in [4.78, 5) is 28.8. The number of carbonyl (C=O) groups excluding carboxylic acids is 2. The minimum absolute atomic E-state index is 0.158. The first kappa shape index (κ1) is 28.5. The van der Waals surface area contributed by atoms with Crippen molar-refractivity contribution in [2.45, 2.75) is 56.4 Å². The molecule has 4 atom stereocenters. The number of hydrogen-bond acceptors (Lipinski definition) is 6. The number of fused-ring (bicyclic) bond motifs is 2. The van der Waals surface area contributed by atoms with Crippen LogP contribution in [-0.4, -0.2) is 78.6 Å². The van der Waals surface area contributed by atoms with Crippen LogP contribution in [0.2, 0.25) is 0 Å². The third-order valence-corrected chi connectivity index (χ3v) is 8.99. The predicted octanol–water partition coefficient (Wildman–Crippen LogP) is 3.96. The molecule has 1 saturated carbocycles. The van der Waals surface area contributed by atoms with Gasteiger partial charge in [0.1, 0.15) is 11.9 Å². The van der Waals surface area contributed by atoms with E-state index in [1.54, 1.807) is 28.5 Å². The van der Waals surface area contributed by atoms with E-state index in [1.165, 1.54) is 22.3 Å². The topological polar surface area (TPSA) is 88.5 Å². The Morgan fingerprint density at radius 3 is 2.55 bits per heavy atom. The van der Waals surface area contributed by atoms with Gasteiger partial charge >= 0.3 is 6.18 Å². The fraction of sp³-hybridized carbons (Fsp3) is 0.536. The number of nitriles is 1. The van der Waals surface area contributed by atoms with Gasteiger partial charge in [-0.05, 0) is 72.2 Å². The summed E-state index contributed by atoms with van der Waals surface area (Å²) >= 11 is 1.22. The number of nitrogens with zero attached hydrogens (tertiary/aromatic N) is 3. The van der Waals surface area contributed by atoms with Crippen LogP contribution in [0.5, 0.6) is 0 Å². The molecule has 3 aliphatic rings. The van der Waals surface area contributed by atoms with Gasteiger partial charge in [-0.2, -0.15) is 18.4 Å². The second kappa shape index (κ2) is 11.8. The summed E-state index contributed by atoms with van der Waals surface area (Å²) in [5.41, 5.74) is 1.70. The molecule has 2 aliphatic heterocycles. The molecule has 1 aromatic carbocycles. The summed E-state index contributed by atoms with van der Waals surface area (Å²) in [5, 5.41) is 17.4. The Bertz CT molecular complexity index is 1280. The number of piperidine rings is 1. The van der Waals surface area contributed by atoms with Crippen molar-refractivity contribution in [3.05, 3.63) is 45.9 Å². The third-order valence-electron chi connectivity index (χ3n) is 8.08. The normalized spacial score (nSPS) is 23.7. The van der Waals surface area contributed by atoms with Crippen LogP contribution in [0.15, 0.2) is 29.6 Å². The molecule has 2 bridgehead atoms. The molecule has 12 heteroatoms. The molecule has 3 fully saturated rings. The number of nitrogens with one attached hydrogen (secondary N) is 2. The second-order valence-corrected chi connectivity index (χ2v) is 11.7. The lowest BCUT2D eigenvalue weighted by atomic mass is 9.98. The molecule has 4 unspecified atom stereocenters. The van der Waals surface area contributed by atoms with Crippen LogP contribution in [0, 0.1) is 23.1 Å². The zero-order chi connectivity index (χ0) is 28.4. The van der Waals surface area contributed by atoms with Crippen LogP contribution in [0.3, 0.4) is 0 Å². The van der Waals surface area contributed by atoms with Gasteiger partial charge in [0, 0.05) is 32.2 Å². The fourth-order valence-corrected chi connectivity index (χ4v) is 6.81. The van der Waals surface area contributed by atoms with Gasteiger partial charge in [-0.15, -0.1) is 11.3 Å². The summed E-state index contributed by atoms with van der Waals surface area (Å²) in [5.74, 6) is -0.531. The van der Waals surface area contributed by atoms with Crippen molar-refractivity contribution >= 4 is 23.2 Å². The van der Waals surface area contributed by atoms with Gasteiger partial charge in [-0.1, -0.05) is 12.1 Å². The van der Waals surface area contributed by atoms with Crippen molar-refractivity contribution in [3.63, 3.8) is 0 Å². The molecule has 2 amide bonds. The van der Waals surface area contributed by atoms with Gasteiger partial charge < -0.3 is 15.5 Å². The summed E-state index contributed by atoms with van der Waals surface area (Å²) in [7, 11) is 0. The lowest BCUT2D eigenvalue weighted by Gasteiger charge is -2.34. The molecule has 1 aliphatic carbocycles. The zero-order valence-corrected chi connectivity index (χ0v) is 22.7. The number of aryl methyl sites for hydroxylation is 1. The molecule has 7 nitrogen and oxygen atoms in total. The summed E-state index contributed by atoms with van der Waals surface area (Å²) < 4.78 is 52.8. The lowest BCUT2D eigenvalue weighted by Crippen LogP contribution is -2.50. The minimum Gasteiger partial charge on any atom is -0.339 e. The molecule has 2 aromatic rings. The lowest BCUT2D eigenvalue weighted by molar-refractivity contribution is -0.148. The van der Waals surface area contributed by atoms with Gasteiger partial charge in [0.2, 0.25) is 5.91 Å². The molecule has 2 N–H and O–H groups in total. The first-order chi connectivity index (χ1) is 19.1. The van der Waals surface area contributed by atoms with E-state index in [0.29, 0.717) is 33.5 Å². The Hall–Kier alpha value is -3.01. The molecule has 2 saturated heterocycles. The average Bonchev–Trinajstić information content (AvgIpc) is 3.68. The molecule has 214 valence electrons. The Labute approximate surface area is 234 Å². The standard InChI is InChI=1S/C28H31F4N5O2S/c29-23-12-18(20-13-24(40-15-20)27(39)37-9-7-36(8-10-37)16-28(30,31)32)2-1-17(23)3-6-22(14-33)35-26(38)25-19-4-5-21(11-19)34-25/h1-2,12-13,15,19,21-22,25,34H,3-11,16H2,(H,35,38). The second-order valence-electron chi connectivity index (χ2n) is 10.8. The smallest absolute Gasteiger partial charge is 0.339 e. The third kappa shape index (κ3) is 6.65. The van der Waals surface area contributed by atoms with Gasteiger partial charge in [0.15, 0.2) is 0 Å². The first-order valence-corrected chi connectivity index (χ1v) is 14.4. The van der Waals surface area contributed by atoms with Crippen LogP contribution in [0.4, 0.5) is 17.6 Å². The maximum atomic E-state index is 15.0. The molecule has 0 spiro atoms. The minimum atomic E-state index is -4.26. The van der Waals surface area contributed by atoms with Crippen molar-refractivity contribution in [1.82, 2.24) is 20.4 Å². The predicted molar refractivity (Wildman–Crippen MR) is 142 cm³/mol. The fourth-order valence-electron chi connectivity index (χ4n) is 5.93. The van der Waals surface area contributed by atoms with Gasteiger partial charge in [0.05, 0.1) is 23.5 Å². The van der Waals surface area contributed by atoms with Crippen molar-refractivity contribution in [3.8, 4) is 17.2 Å². The zero-order valence-electron chi connectivity index (χ0n) is 21.8. The van der Waals surface area contributed by atoms with Crippen molar-refractivity contribution in [1.29, 1.82) is 5.26 Å². The molecule has 3 heterocycles. The number of halogens is 4. The number of thiophene rings is 1. The van der Waals surface area contributed by atoms with Crippen molar-refractivity contribution < 1.29 is 27.2 Å². The molecule has 40 heavy (non-hydrogen) atoms. The van der Waals surface area contributed by atoms with Crippen molar-refractivity contribution in [2.24, 2.45) is 5.92 Å². The largest absolute Gasteiger partial charge is 0.401 e. The van der Waals surface area contributed by atoms with Crippen LogP contribution >= 0.6 is 11.3 Å². The quantitative estimate of drug-likeness (QED) is 0.464. The highest BCUT2D eigenvalue weighted by atomic mass is 32.1. The Balaban J connectivity index is 1.14. The monoisotopic (exact) mass is 577 g/mol. The SMILES string of the molecule is N#CC(CCc1ccc(-c2csc(C(=O)N3CCN(CC(F)(F)F)CC3)c2)cc1F)NC(=O)C1NC2CCC1C2. The van der Waals surface area contributed by atoms with E-state index in [2.05, 4.69) is 16.7 Å². The Morgan fingerprint density at radius 2 is 1.93 bits per heavy atom. The van der Waals surface area contributed by atoms with E-state index in [9.17, 15) is 32.4 Å². The number of carbonyl (C=O) groups is 2. The molecular weight excluding hydrogens is 546 g/mol. The number of benzene rings is 1. The molecular formula is C28H31F4N5O2S. The molecule has 1 aromatic heterocycles. The molecule has 5 rings (SSSR count). The van der Waals surface area contributed by atoms with E-state index in [0.717, 1.165) is 19.3 Å². The van der Waals surface area contributed by atoms with Crippen LogP contribution in [0.25, 0.3) is 11.1 Å². The maximum Gasteiger partial charge on any atom is 0.401 e. The Morgan fingerprint density at radius 1 is 1.15 bits per heavy atom. The first-order valence-electron chi connectivity index (χ1n) is 13.5. The van der Waals surface area contributed by atoms with E-state index < -0.39 is 24.6 Å². The van der Waals surface area contributed by atoms with Crippen LogP contribution < -0.4 is 10.6 Å². The number of piperazine rings is 1. The highest BCUT2D eigenvalue weighted by Gasteiger charge is 2.43. The summed E-state index contributed by atoms with van der Waals surface area (Å²) in [6.07, 6.45) is -0.601. The number of rotatable bonds is 8. The maximum absolute atomic E-state index is 15.0. The number of hydrogen-bond donors (Lipinski definition) is 2. The highest BCUT2D eigenvalue weighted by Crippen LogP contribution is 2.35. The van der Waals surface area contributed by atoms with Crippen LogP contribution in [0.1, 0.15) is 40.9 Å². The Kier molecular flexibility index (Phi) is 8.44.